The van der Waals surface area contributed by atoms with E-state index in [-0.39, 0.29) is 5.69 Å². The number of imidazole rings is 1. The first kappa shape index (κ1) is 14.8. The molecule has 0 amide bonds. The van der Waals surface area contributed by atoms with E-state index in [1.807, 2.05) is 30.3 Å². The molecule has 0 aliphatic rings. The molecule has 0 fully saturated rings. The van der Waals surface area contributed by atoms with Gasteiger partial charge in [0.2, 0.25) is 0 Å². The molecule has 0 atom stereocenters. The van der Waals surface area contributed by atoms with Crippen molar-refractivity contribution in [2.45, 2.75) is 0 Å². The van der Waals surface area contributed by atoms with Gasteiger partial charge in [-0.05, 0) is 12.1 Å². The highest BCUT2D eigenvalue weighted by Crippen LogP contribution is 2.36. The summed E-state index contributed by atoms with van der Waals surface area (Å²) in [6, 6.07) is 16.1. The van der Waals surface area contributed by atoms with Crippen LogP contribution in [0.2, 0.25) is 0 Å². The highest BCUT2D eigenvalue weighted by Gasteiger charge is 2.20. The van der Waals surface area contributed by atoms with Gasteiger partial charge in [0.15, 0.2) is 0 Å². The van der Waals surface area contributed by atoms with Gasteiger partial charge in [0.1, 0.15) is 11.5 Å². The summed E-state index contributed by atoms with van der Waals surface area (Å²) in [6.07, 6.45) is 3.42. The van der Waals surface area contributed by atoms with Gasteiger partial charge in [-0.2, -0.15) is 5.10 Å². The van der Waals surface area contributed by atoms with Crippen LogP contribution in [0.3, 0.4) is 0 Å². The molecule has 0 bridgehead atoms. The van der Waals surface area contributed by atoms with Crippen LogP contribution >= 0.6 is 0 Å². The zero-order valence-electron chi connectivity index (χ0n) is 13.0. The molecule has 0 saturated carbocycles. The minimum Gasteiger partial charge on any atom is -0.344 e. The quantitative estimate of drug-likeness (QED) is 0.435. The molecule has 2 heterocycles. The first-order chi connectivity index (χ1) is 12.2. The van der Waals surface area contributed by atoms with E-state index in [0.717, 1.165) is 28.1 Å². The second-order valence-electron chi connectivity index (χ2n) is 5.43. The number of benzene rings is 2. The van der Waals surface area contributed by atoms with Crippen LogP contribution in [0, 0.1) is 10.1 Å². The number of non-ortho nitro benzene ring substituents is 1. The maximum absolute atomic E-state index is 10.9. The second-order valence-corrected chi connectivity index (χ2v) is 5.43. The van der Waals surface area contributed by atoms with Crippen molar-refractivity contribution >= 4 is 5.69 Å². The summed E-state index contributed by atoms with van der Waals surface area (Å²) in [6.45, 7) is 0. The van der Waals surface area contributed by atoms with Gasteiger partial charge in [-0.3, -0.25) is 15.2 Å². The number of rotatable bonds is 4. The fourth-order valence-corrected chi connectivity index (χ4v) is 2.74. The Morgan fingerprint density at radius 3 is 2.36 bits per heavy atom. The lowest BCUT2D eigenvalue weighted by molar-refractivity contribution is -0.384. The Morgan fingerprint density at radius 1 is 0.960 bits per heavy atom. The summed E-state index contributed by atoms with van der Waals surface area (Å²) in [5.74, 6) is 0.681. The van der Waals surface area contributed by atoms with E-state index >= 15 is 0 Å². The molecule has 0 aliphatic heterocycles. The highest BCUT2D eigenvalue weighted by atomic mass is 16.6. The van der Waals surface area contributed by atoms with Gasteiger partial charge in [0.25, 0.3) is 5.69 Å². The maximum atomic E-state index is 10.9. The smallest absolute Gasteiger partial charge is 0.269 e. The zero-order valence-corrected chi connectivity index (χ0v) is 13.0. The monoisotopic (exact) mass is 331 g/mol. The molecule has 4 aromatic rings. The lowest BCUT2D eigenvalue weighted by atomic mass is 10.0. The zero-order chi connectivity index (χ0) is 17.2. The number of hydrogen-bond donors (Lipinski definition) is 2. The van der Waals surface area contributed by atoms with Gasteiger partial charge in [-0.25, -0.2) is 4.98 Å². The SMILES string of the molecule is O=[N+]([O-])c1ccc(-c2[nH]nc(-c3ccccc3)c2-c2ncc[nH]2)cc1. The van der Waals surface area contributed by atoms with Crippen molar-refractivity contribution in [3.63, 3.8) is 0 Å². The van der Waals surface area contributed by atoms with Gasteiger partial charge >= 0.3 is 0 Å². The minimum atomic E-state index is -0.417. The molecule has 0 unspecified atom stereocenters. The lowest BCUT2D eigenvalue weighted by Gasteiger charge is -2.04. The fourth-order valence-electron chi connectivity index (χ4n) is 2.74. The van der Waals surface area contributed by atoms with Crippen LogP contribution in [0.5, 0.6) is 0 Å². The molecule has 2 aromatic heterocycles. The van der Waals surface area contributed by atoms with E-state index in [9.17, 15) is 10.1 Å². The van der Waals surface area contributed by atoms with Crippen molar-refractivity contribution in [1.29, 1.82) is 0 Å². The number of hydrogen-bond acceptors (Lipinski definition) is 4. The molecule has 0 aliphatic carbocycles. The molecule has 0 spiro atoms. The highest BCUT2D eigenvalue weighted by molar-refractivity contribution is 5.88. The number of nitro benzene ring substituents is 1. The van der Waals surface area contributed by atoms with E-state index in [4.69, 9.17) is 0 Å². The Bertz CT molecular complexity index is 1010. The van der Waals surface area contributed by atoms with Crippen LogP contribution in [0.15, 0.2) is 67.0 Å². The molecule has 2 aromatic carbocycles. The van der Waals surface area contributed by atoms with Crippen LogP contribution < -0.4 is 0 Å². The van der Waals surface area contributed by atoms with Crippen molar-refractivity contribution in [1.82, 2.24) is 20.2 Å². The Labute approximate surface area is 142 Å². The Hall–Kier alpha value is -3.74. The van der Waals surface area contributed by atoms with Gasteiger partial charge in [0, 0.05) is 35.7 Å². The fraction of sp³-hybridized carbons (Fsp3) is 0. The number of nitro groups is 1. The molecule has 0 radical (unpaired) electrons. The van der Waals surface area contributed by atoms with E-state index in [0.29, 0.717) is 5.82 Å². The predicted molar refractivity (Wildman–Crippen MR) is 93.7 cm³/mol. The minimum absolute atomic E-state index is 0.0473. The number of aromatic nitrogens is 4. The summed E-state index contributed by atoms with van der Waals surface area (Å²) in [5, 5.41) is 18.4. The molecule has 7 nitrogen and oxygen atoms in total. The summed E-state index contributed by atoms with van der Waals surface area (Å²) in [5.41, 5.74) is 4.15. The van der Waals surface area contributed by atoms with Gasteiger partial charge in [0.05, 0.1) is 16.2 Å². The van der Waals surface area contributed by atoms with Crippen LogP contribution in [0.4, 0.5) is 5.69 Å². The molecule has 25 heavy (non-hydrogen) atoms. The Morgan fingerprint density at radius 2 is 1.72 bits per heavy atom. The third-order valence-electron chi connectivity index (χ3n) is 3.92. The molecule has 2 N–H and O–H groups in total. The number of nitrogens with one attached hydrogen (secondary N) is 2. The molecule has 0 saturated heterocycles. The molecular weight excluding hydrogens is 318 g/mol. The van der Waals surface area contributed by atoms with E-state index < -0.39 is 4.92 Å². The van der Waals surface area contributed by atoms with Crippen molar-refractivity contribution in [2.75, 3.05) is 0 Å². The van der Waals surface area contributed by atoms with Crippen molar-refractivity contribution < 1.29 is 4.92 Å². The van der Waals surface area contributed by atoms with Crippen LogP contribution in [-0.2, 0) is 0 Å². The van der Waals surface area contributed by atoms with Crippen LogP contribution in [0.25, 0.3) is 33.9 Å². The van der Waals surface area contributed by atoms with Gasteiger partial charge in [-0.15, -0.1) is 0 Å². The van der Waals surface area contributed by atoms with E-state index in [2.05, 4.69) is 20.2 Å². The summed E-state index contributed by atoms with van der Waals surface area (Å²) < 4.78 is 0. The third-order valence-corrected chi connectivity index (χ3v) is 3.92. The van der Waals surface area contributed by atoms with Crippen molar-refractivity contribution in [3.05, 3.63) is 77.1 Å². The molecule has 4 rings (SSSR count). The van der Waals surface area contributed by atoms with E-state index in [1.165, 1.54) is 12.1 Å². The van der Waals surface area contributed by atoms with E-state index in [1.54, 1.807) is 24.5 Å². The number of nitrogens with zero attached hydrogens (tertiary/aromatic N) is 3. The van der Waals surface area contributed by atoms with Crippen molar-refractivity contribution in [2.24, 2.45) is 0 Å². The summed E-state index contributed by atoms with van der Waals surface area (Å²) in [4.78, 5) is 17.9. The van der Waals surface area contributed by atoms with Crippen molar-refractivity contribution in [3.8, 4) is 33.9 Å². The second kappa shape index (κ2) is 6.04. The number of aromatic amines is 2. The molecule has 7 heteroatoms. The standard InChI is InChI=1S/C18H13N5O2/c24-23(25)14-8-6-13(7-9-14)17-15(18-19-10-11-20-18)16(21-22-17)12-4-2-1-3-5-12/h1-11H,(H,19,20)(H,21,22). The van der Waals surface area contributed by atoms with Crippen LogP contribution in [-0.4, -0.2) is 25.1 Å². The topological polar surface area (TPSA) is 100 Å². The van der Waals surface area contributed by atoms with Crippen LogP contribution in [0.1, 0.15) is 0 Å². The predicted octanol–water partition coefficient (Wildman–Crippen LogP) is 4.04. The van der Waals surface area contributed by atoms with Gasteiger partial charge < -0.3 is 4.98 Å². The first-order valence-electron chi connectivity index (χ1n) is 7.62. The third kappa shape index (κ3) is 2.67. The first-order valence-corrected chi connectivity index (χ1v) is 7.62. The Kier molecular flexibility index (Phi) is 3.59. The molecular formula is C18H13N5O2. The van der Waals surface area contributed by atoms with Gasteiger partial charge in [-0.1, -0.05) is 30.3 Å². The normalized spacial score (nSPS) is 10.7. The average molecular weight is 331 g/mol. The maximum Gasteiger partial charge on any atom is 0.269 e. The Balaban J connectivity index is 1.89. The largest absolute Gasteiger partial charge is 0.344 e. The lowest BCUT2D eigenvalue weighted by Crippen LogP contribution is -1.89. The summed E-state index contributed by atoms with van der Waals surface area (Å²) in [7, 11) is 0. The average Bonchev–Trinajstić information content (AvgIpc) is 3.32. The summed E-state index contributed by atoms with van der Waals surface area (Å²) >= 11 is 0. The molecule has 122 valence electrons. The number of H-pyrrole nitrogens is 2.